The van der Waals surface area contributed by atoms with E-state index < -0.39 is 5.41 Å². The van der Waals surface area contributed by atoms with Crippen molar-refractivity contribution in [3.8, 4) is 5.75 Å². The minimum absolute atomic E-state index is 0.0833. The van der Waals surface area contributed by atoms with Gasteiger partial charge >= 0.3 is 5.97 Å². The van der Waals surface area contributed by atoms with Crippen LogP contribution in [0, 0.1) is 5.41 Å². The maximum absolute atomic E-state index is 11.6. The van der Waals surface area contributed by atoms with Gasteiger partial charge in [-0.3, -0.25) is 9.59 Å². The Kier molecular flexibility index (Phi) is 6.21. The van der Waals surface area contributed by atoms with Gasteiger partial charge in [0.25, 0.3) is 0 Å². The number of para-hydroxylation sites is 1. The van der Waals surface area contributed by atoms with E-state index in [1.165, 1.54) is 0 Å². The Hall–Kier alpha value is -2.04. The molecule has 1 N–H and O–H groups in total. The molecule has 0 atom stereocenters. The van der Waals surface area contributed by atoms with Gasteiger partial charge in [0, 0.05) is 17.5 Å². The van der Waals surface area contributed by atoms with Crippen LogP contribution >= 0.6 is 0 Å². The predicted octanol–water partition coefficient (Wildman–Crippen LogP) is 2.29. The van der Waals surface area contributed by atoms with Crippen LogP contribution in [-0.4, -0.2) is 25.5 Å². The van der Waals surface area contributed by atoms with Crippen LogP contribution in [0.1, 0.15) is 32.8 Å². The summed E-state index contributed by atoms with van der Waals surface area (Å²) in [6.45, 7) is 5.91. The standard InChI is InChI=1S/C16H23NO4/c1-16(2,3)15(19)17-10-9-14(18)21-11-12-7-5-6-8-13(12)20-4/h5-8H,9-11H2,1-4H3,(H,17,19). The Balaban J connectivity index is 2.33. The summed E-state index contributed by atoms with van der Waals surface area (Å²) in [5.41, 5.74) is 0.355. The third-order valence-electron chi connectivity index (χ3n) is 2.88. The van der Waals surface area contributed by atoms with Crippen molar-refractivity contribution in [2.45, 2.75) is 33.8 Å². The smallest absolute Gasteiger partial charge is 0.307 e. The van der Waals surface area contributed by atoms with Crippen molar-refractivity contribution in [3.05, 3.63) is 29.8 Å². The highest BCUT2D eigenvalue weighted by atomic mass is 16.5. The molecule has 0 spiro atoms. The summed E-state index contributed by atoms with van der Waals surface area (Å²) >= 11 is 0. The fourth-order valence-electron chi connectivity index (χ4n) is 1.60. The van der Waals surface area contributed by atoms with Crippen LogP contribution in [0.3, 0.4) is 0 Å². The zero-order valence-corrected chi connectivity index (χ0v) is 13.1. The van der Waals surface area contributed by atoms with E-state index >= 15 is 0 Å². The van der Waals surface area contributed by atoms with Gasteiger partial charge in [0.2, 0.25) is 5.91 Å². The van der Waals surface area contributed by atoms with Gasteiger partial charge in [0.05, 0.1) is 13.5 Å². The lowest BCUT2D eigenvalue weighted by Crippen LogP contribution is -2.36. The van der Waals surface area contributed by atoms with Crippen molar-refractivity contribution >= 4 is 11.9 Å². The lowest BCUT2D eigenvalue weighted by Gasteiger charge is -2.17. The van der Waals surface area contributed by atoms with Crippen LogP contribution in [-0.2, 0) is 20.9 Å². The average Bonchev–Trinajstić information content (AvgIpc) is 2.44. The van der Waals surface area contributed by atoms with Gasteiger partial charge < -0.3 is 14.8 Å². The summed E-state index contributed by atoms with van der Waals surface area (Å²) in [5, 5.41) is 2.71. The number of esters is 1. The normalized spacial score (nSPS) is 10.9. The van der Waals surface area contributed by atoms with Crippen LogP contribution in [0.15, 0.2) is 24.3 Å². The lowest BCUT2D eigenvalue weighted by molar-refractivity contribution is -0.145. The van der Waals surface area contributed by atoms with Crippen LogP contribution in [0.5, 0.6) is 5.75 Å². The van der Waals surface area contributed by atoms with Crippen molar-refractivity contribution in [2.24, 2.45) is 5.41 Å². The molecule has 5 heteroatoms. The van der Waals surface area contributed by atoms with Crippen molar-refractivity contribution in [2.75, 3.05) is 13.7 Å². The first-order valence-corrected chi connectivity index (χ1v) is 6.90. The van der Waals surface area contributed by atoms with Crippen molar-refractivity contribution in [3.63, 3.8) is 0 Å². The Morgan fingerprint density at radius 3 is 2.48 bits per heavy atom. The molecule has 0 aromatic heterocycles. The summed E-state index contributed by atoms with van der Waals surface area (Å²) in [6.07, 6.45) is 0.150. The minimum Gasteiger partial charge on any atom is -0.496 e. The maximum atomic E-state index is 11.6. The second-order valence-electron chi connectivity index (χ2n) is 5.73. The molecule has 1 amide bonds. The quantitative estimate of drug-likeness (QED) is 0.817. The van der Waals surface area contributed by atoms with Crippen LogP contribution < -0.4 is 10.1 Å². The molecule has 0 heterocycles. The third-order valence-corrected chi connectivity index (χ3v) is 2.88. The molecule has 0 saturated carbocycles. The van der Waals surface area contributed by atoms with E-state index in [9.17, 15) is 9.59 Å². The molecule has 1 rings (SSSR count). The molecule has 1 aromatic carbocycles. The van der Waals surface area contributed by atoms with E-state index in [-0.39, 0.29) is 31.4 Å². The largest absolute Gasteiger partial charge is 0.496 e. The predicted molar refractivity (Wildman–Crippen MR) is 79.9 cm³/mol. The molecule has 116 valence electrons. The number of benzene rings is 1. The molecule has 0 aliphatic heterocycles. The van der Waals surface area contributed by atoms with Crippen LogP contribution in [0.2, 0.25) is 0 Å². The summed E-state index contributed by atoms with van der Waals surface area (Å²) < 4.78 is 10.3. The van der Waals surface area contributed by atoms with Crippen molar-refractivity contribution in [1.82, 2.24) is 5.32 Å². The molecular weight excluding hydrogens is 270 g/mol. The SMILES string of the molecule is COc1ccccc1COC(=O)CCNC(=O)C(C)(C)C. The Labute approximate surface area is 125 Å². The van der Waals surface area contributed by atoms with Crippen molar-refractivity contribution in [1.29, 1.82) is 0 Å². The Bertz CT molecular complexity index is 491. The molecule has 0 radical (unpaired) electrons. The Morgan fingerprint density at radius 1 is 1.19 bits per heavy atom. The summed E-state index contributed by atoms with van der Waals surface area (Å²) in [7, 11) is 1.57. The van der Waals surface area contributed by atoms with Gasteiger partial charge in [0.15, 0.2) is 0 Å². The van der Waals surface area contributed by atoms with Crippen LogP contribution in [0.4, 0.5) is 0 Å². The van der Waals surface area contributed by atoms with Gasteiger partial charge in [-0.1, -0.05) is 39.0 Å². The minimum atomic E-state index is -0.457. The van der Waals surface area contributed by atoms with Crippen molar-refractivity contribution < 1.29 is 19.1 Å². The topological polar surface area (TPSA) is 64.6 Å². The molecule has 0 bridgehead atoms. The van der Waals surface area contributed by atoms with Gasteiger partial charge in [0.1, 0.15) is 12.4 Å². The second-order valence-corrected chi connectivity index (χ2v) is 5.73. The number of nitrogens with one attached hydrogen (secondary N) is 1. The number of carbonyl (C=O) groups excluding carboxylic acids is 2. The molecule has 0 aliphatic carbocycles. The molecule has 21 heavy (non-hydrogen) atoms. The van der Waals surface area contributed by atoms with E-state index in [1.54, 1.807) is 7.11 Å². The van der Waals surface area contributed by atoms with E-state index in [0.29, 0.717) is 5.75 Å². The molecule has 0 unspecified atom stereocenters. The highest BCUT2D eigenvalue weighted by Gasteiger charge is 2.20. The molecule has 5 nitrogen and oxygen atoms in total. The molecule has 0 aliphatic rings. The average molecular weight is 293 g/mol. The number of carbonyl (C=O) groups is 2. The number of hydrogen-bond acceptors (Lipinski definition) is 4. The van der Waals surface area contributed by atoms with Gasteiger partial charge in [-0.15, -0.1) is 0 Å². The third kappa shape index (κ3) is 5.85. The maximum Gasteiger partial charge on any atom is 0.307 e. The second kappa shape index (κ2) is 7.67. The summed E-state index contributed by atoms with van der Waals surface area (Å²) in [5.74, 6) is 0.251. The van der Waals surface area contributed by atoms with E-state index in [0.717, 1.165) is 5.56 Å². The number of methoxy groups -OCH3 is 1. The fraction of sp³-hybridized carbons (Fsp3) is 0.500. The number of ether oxygens (including phenoxy) is 2. The first-order valence-electron chi connectivity index (χ1n) is 6.90. The van der Waals surface area contributed by atoms with E-state index in [1.807, 2.05) is 45.0 Å². The summed E-state index contributed by atoms with van der Waals surface area (Å²) in [6, 6.07) is 7.36. The van der Waals surface area contributed by atoms with Gasteiger partial charge in [-0.25, -0.2) is 0 Å². The van der Waals surface area contributed by atoms with Gasteiger partial charge in [-0.2, -0.15) is 0 Å². The highest BCUT2D eigenvalue weighted by Crippen LogP contribution is 2.18. The van der Waals surface area contributed by atoms with E-state index in [4.69, 9.17) is 9.47 Å². The van der Waals surface area contributed by atoms with E-state index in [2.05, 4.69) is 5.32 Å². The monoisotopic (exact) mass is 293 g/mol. The van der Waals surface area contributed by atoms with Crippen LogP contribution in [0.25, 0.3) is 0 Å². The molecule has 0 fully saturated rings. The summed E-state index contributed by atoms with van der Waals surface area (Å²) in [4.78, 5) is 23.3. The number of amides is 1. The fourth-order valence-corrected chi connectivity index (χ4v) is 1.60. The first kappa shape index (κ1) is 17.0. The first-order chi connectivity index (χ1) is 9.84. The zero-order valence-electron chi connectivity index (χ0n) is 13.1. The molecular formula is C16H23NO4. The lowest BCUT2D eigenvalue weighted by atomic mass is 9.96. The zero-order chi connectivity index (χ0) is 15.9. The molecule has 0 saturated heterocycles. The highest BCUT2D eigenvalue weighted by molar-refractivity contribution is 5.81. The molecule has 1 aromatic rings. The number of rotatable bonds is 6. The number of hydrogen-bond donors (Lipinski definition) is 1. The van der Waals surface area contributed by atoms with Gasteiger partial charge in [-0.05, 0) is 6.07 Å². The Morgan fingerprint density at radius 2 is 1.86 bits per heavy atom.